The molecule has 0 fully saturated rings. The number of aromatic nitrogens is 2. The van der Waals surface area contributed by atoms with Crippen LogP contribution in [-0.4, -0.2) is 28.6 Å². The summed E-state index contributed by atoms with van der Waals surface area (Å²) in [6, 6.07) is 6.73. The summed E-state index contributed by atoms with van der Waals surface area (Å²) in [5.41, 5.74) is 3.46. The Morgan fingerprint density at radius 3 is 2.71 bits per heavy atom. The molecule has 2 rings (SSSR count). The van der Waals surface area contributed by atoms with E-state index in [1.54, 1.807) is 0 Å². The number of hydrogen-bond donors (Lipinski definition) is 0. The molecule has 4 heteroatoms. The number of alkyl halides is 1. The number of aryl methyl sites for hydroxylation is 2. The highest BCUT2D eigenvalue weighted by atomic mass is 35.5. The van der Waals surface area contributed by atoms with E-state index in [-0.39, 0.29) is 6.04 Å². The minimum atomic E-state index is 0.288. The van der Waals surface area contributed by atoms with E-state index in [9.17, 15) is 0 Å². The van der Waals surface area contributed by atoms with Gasteiger partial charge in [-0.05, 0) is 37.5 Å². The molecule has 0 aliphatic carbocycles. The molecule has 0 radical (unpaired) electrons. The Kier molecular flexibility index (Phi) is 5.65. The van der Waals surface area contributed by atoms with E-state index in [0.717, 1.165) is 24.4 Å². The van der Waals surface area contributed by atoms with Gasteiger partial charge in [-0.2, -0.15) is 0 Å². The second-order valence-electron chi connectivity index (χ2n) is 5.80. The van der Waals surface area contributed by atoms with E-state index in [1.807, 2.05) is 6.92 Å². The number of imidazole rings is 1. The van der Waals surface area contributed by atoms with E-state index in [4.69, 9.17) is 21.3 Å². The van der Waals surface area contributed by atoms with Crippen molar-refractivity contribution in [2.24, 2.45) is 5.92 Å². The molecule has 0 aliphatic heterocycles. The Labute approximate surface area is 132 Å². The summed E-state index contributed by atoms with van der Waals surface area (Å²) in [6.07, 6.45) is 0.782. The zero-order valence-electron chi connectivity index (χ0n) is 13.4. The summed E-state index contributed by atoms with van der Waals surface area (Å²) in [5, 5.41) is 0. The topological polar surface area (TPSA) is 27.1 Å². The summed E-state index contributed by atoms with van der Waals surface area (Å²) in [5.74, 6) is 2.12. The van der Waals surface area contributed by atoms with Gasteiger partial charge >= 0.3 is 0 Å². The molecule has 0 N–H and O–H groups in total. The molecule has 0 aliphatic rings. The first-order valence-corrected chi connectivity index (χ1v) is 8.23. The number of halogens is 1. The van der Waals surface area contributed by atoms with Crippen molar-refractivity contribution in [2.75, 3.05) is 19.1 Å². The van der Waals surface area contributed by atoms with E-state index in [0.29, 0.717) is 18.4 Å². The van der Waals surface area contributed by atoms with Gasteiger partial charge in [0, 0.05) is 18.9 Å². The van der Waals surface area contributed by atoms with Gasteiger partial charge in [-0.15, -0.1) is 11.6 Å². The monoisotopic (exact) mass is 308 g/mol. The van der Waals surface area contributed by atoms with Crippen LogP contribution >= 0.6 is 11.6 Å². The van der Waals surface area contributed by atoms with E-state index < -0.39 is 0 Å². The van der Waals surface area contributed by atoms with Crippen LogP contribution in [0.1, 0.15) is 38.2 Å². The van der Waals surface area contributed by atoms with Gasteiger partial charge in [-0.1, -0.05) is 19.9 Å². The molecule has 0 saturated heterocycles. The quantitative estimate of drug-likeness (QED) is 0.711. The molecule has 1 aromatic heterocycles. The maximum absolute atomic E-state index is 5.97. The van der Waals surface area contributed by atoms with Crippen molar-refractivity contribution in [3.8, 4) is 0 Å². The number of nitrogens with zero attached hydrogens (tertiary/aromatic N) is 2. The highest BCUT2D eigenvalue weighted by Crippen LogP contribution is 2.27. The van der Waals surface area contributed by atoms with Crippen LogP contribution in [0.3, 0.4) is 0 Å². The van der Waals surface area contributed by atoms with Gasteiger partial charge < -0.3 is 9.30 Å². The zero-order valence-corrected chi connectivity index (χ0v) is 14.2. The van der Waals surface area contributed by atoms with E-state index in [2.05, 4.69) is 43.5 Å². The van der Waals surface area contributed by atoms with E-state index >= 15 is 0 Å². The second kappa shape index (κ2) is 7.28. The van der Waals surface area contributed by atoms with Gasteiger partial charge in [-0.3, -0.25) is 0 Å². The average Bonchev–Trinajstić information content (AvgIpc) is 2.77. The normalized spacial score (nSPS) is 13.2. The van der Waals surface area contributed by atoms with Crippen LogP contribution in [0.4, 0.5) is 0 Å². The van der Waals surface area contributed by atoms with Crippen molar-refractivity contribution in [2.45, 2.75) is 40.2 Å². The van der Waals surface area contributed by atoms with Crippen LogP contribution in [-0.2, 0) is 11.2 Å². The van der Waals surface area contributed by atoms with Gasteiger partial charge in [0.1, 0.15) is 5.82 Å². The fourth-order valence-corrected chi connectivity index (χ4v) is 2.86. The van der Waals surface area contributed by atoms with Crippen LogP contribution in [0.2, 0.25) is 0 Å². The first-order chi connectivity index (χ1) is 10.1. The summed E-state index contributed by atoms with van der Waals surface area (Å²) in [7, 11) is 0. The molecule has 0 spiro atoms. The van der Waals surface area contributed by atoms with Gasteiger partial charge in [0.05, 0.1) is 23.7 Å². The Balaban J connectivity index is 2.53. The van der Waals surface area contributed by atoms with Crippen molar-refractivity contribution < 1.29 is 4.74 Å². The Morgan fingerprint density at radius 2 is 2.10 bits per heavy atom. The third-order valence-electron chi connectivity index (χ3n) is 3.83. The summed E-state index contributed by atoms with van der Waals surface area (Å²) in [4.78, 5) is 4.80. The number of benzene rings is 1. The molecule has 0 amide bonds. The fraction of sp³-hybridized carbons (Fsp3) is 0.588. The lowest BCUT2D eigenvalue weighted by atomic mass is 10.0. The molecule has 2 aromatic rings. The number of fused-ring (bicyclic) bond motifs is 1. The smallest absolute Gasteiger partial charge is 0.111 e. The molecule has 3 nitrogen and oxygen atoms in total. The lowest BCUT2D eigenvalue weighted by Crippen LogP contribution is -2.23. The minimum absolute atomic E-state index is 0.288. The van der Waals surface area contributed by atoms with Crippen LogP contribution in [0, 0.1) is 12.8 Å². The first-order valence-electron chi connectivity index (χ1n) is 7.69. The average molecular weight is 309 g/mol. The molecule has 1 atom stereocenters. The van der Waals surface area contributed by atoms with E-state index in [1.165, 1.54) is 11.1 Å². The van der Waals surface area contributed by atoms with Crippen LogP contribution in [0.15, 0.2) is 18.2 Å². The SMILES string of the molecule is CCOCC(C(C)C)n1c(CCCl)nc2cc(C)ccc21. The Bertz CT molecular complexity index is 592. The predicted octanol–water partition coefficient (Wildman–Crippen LogP) is 4.36. The van der Waals surface area contributed by atoms with Crippen molar-refractivity contribution >= 4 is 22.6 Å². The number of rotatable bonds is 7. The van der Waals surface area contributed by atoms with Crippen molar-refractivity contribution in [3.63, 3.8) is 0 Å². The number of hydrogen-bond acceptors (Lipinski definition) is 2. The molecule has 1 aromatic carbocycles. The minimum Gasteiger partial charge on any atom is -0.380 e. The van der Waals surface area contributed by atoms with Gasteiger partial charge in [0.15, 0.2) is 0 Å². The fourth-order valence-electron chi connectivity index (χ4n) is 2.69. The standard InChI is InChI=1S/C17H25ClN2O/c1-5-21-11-16(12(2)3)20-15-7-6-13(4)10-14(15)19-17(20)8-9-18/h6-7,10,12,16H,5,8-9,11H2,1-4H3. The predicted molar refractivity (Wildman–Crippen MR) is 89.3 cm³/mol. The summed E-state index contributed by atoms with van der Waals surface area (Å²) >= 11 is 5.97. The van der Waals surface area contributed by atoms with Crippen LogP contribution in [0.25, 0.3) is 11.0 Å². The Morgan fingerprint density at radius 1 is 1.33 bits per heavy atom. The summed E-state index contributed by atoms with van der Waals surface area (Å²) < 4.78 is 8.04. The third-order valence-corrected chi connectivity index (χ3v) is 4.02. The maximum atomic E-state index is 5.97. The molecule has 1 heterocycles. The van der Waals surface area contributed by atoms with Gasteiger partial charge in [-0.25, -0.2) is 4.98 Å². The molecule has 0 bridgehead atoms. The van der Waals surface area contributed by atoms with Crippen molar-refractivity contribution in [1.82, 2.24) is 9.55 Å². The molecule has 1 unspecified atom stereocenters. The molecular formula is C17H25ClN2O. The van der Waals surface area contributed by atoms with Crippen LogP contribution in [0.5, 0.6) is 0 Å². The lowest BCUT2D eigenvalue weighted by Gasteiger charge is -2.25. The van der Waals surface area contributed by atoms with Crippen molar-refractivity contribution in [1.29, 1.82) is 0 Å². The number of ether oxygens (including phenoxy) is 1. The maximum Gasteiger partial charge on any atom is 0.111 e. The zero-order chi connectivity index (χ0) is 15.4. The van der Waals surface area contributed by atoms with Crippen molar-refractivity contribution in [3.05, 3.63) is 29.6 Å². The third kappa shape index (κ3) is 3.58. The first kappa shape index (κ1) is 16.3. The second-order valence-corrected chi connectivity index (χ2v) is 6.18. The summed E-state index contributed by atoms with van der Waals surface area (Å²) in [6.45, 7) is 10.0. The molecule has 116 valence electrons. The largest absolute Gasteiger partial charge is 0.380 e. The Hall–Kier alpha value is -1.06. The highest BCUT2D eigenvalue weighted by molar-refractivity contribution is 6.17. The molecule has 21 heavy (non-hydrogen) atoms. The van der Waals surface area contributed by atoms with Crippen LogP contribution < -0.4 is 0 Å². The van der Waals surface area contributed by atoms with Gasteiger partial charge in [0.2, 0.25) is 0 Å². The lowest BCUT2D eigenvalue weighted by molar-refractivity contribution is 0.0969. The van der Waals surface area contributed by atoms with Gasteiger partial charge in [0.25, 0.3) is 0 Å². The molecular weight excluding hydrogens is 284 g/mol. The molecule has 0 saturated carbocycles. The highest BCUT2D eigenvalue weighted by Gasteiger charge is 2.22.